The molecule has 3 nitrogen and oxygen atoms in total. The van der Waals surface area contributed by atoms with E-state index in [4.69, 9.17) is 4.74 Å². The lowest BCUT2D eigenvalue weighted by Gasteiger charge is -2.16. The van der Waals surface area contributed by atoms with Gasteiger partial charge in [0.2, 0.25) is 0 Å². The largest absolute Gasteiger partial charge is 0.392 e. The molecule has 0 aliphatic heterocycles. The molecule has 0 aromatic rings. The second-order valence-corrected chi connectivity index (χ2v) is 4.02. The van der Waals surface area contributed by atoms with Crippen LogP contribution in [0.4, 0.5) is 0 Å². The van der Waals surface area contributed by atoms with Gasteiger partial charge in [0.1, 0.15) is 0 Å². The Balaban J connectivity index is 1.88. The second-order valence-electron chi connectivity index (χ2n) is 4.02. The molecule has 1 rings (SSSR count). The van der Waals surface area contributed by atoms with Crippen LogP contribution in [0.2, 0.25) is 0 Å². The minimum atomic E-state index is -0.134. The van der Waals surface area contributed by atoms with Gasteiger partial charge in [0.15, 0.2) is 0 Å². The van der Waals surface area contributed by atoms with Crippen LogP contribution in [0.1, 0.15) is 39.0 Å². The van der Waals surface area contributed by atoms with E-state index in [0.29, 0.717) is 6.04 Å². The van der Waals surface area contributed by atoms with Gasteiger partial charge >= 0.3 is 0 Å². The van der Waals surface area contributed by atoms with Crippen LogP contribution in [0.25, 0.3) is 0 Å². The fourth-order valence-corrected chi connectivity index (χ4v) is 1.84. The first-order valence-electron chi connectivity index (χ1n) is 5.83. The summed E-state index contributed by atoms with van der Waals surface area (Å²) >= 11 is 0. The summed E-state index contributed by atoms with van der Waals surface area (Å²) < 4.78 is 5.42. The maximum atomic E-state index is 9.53. The Morgan fingerprint density at radius 1 is 1.36 bits per heavy atom. The molecule has 0 spiro atoms. The Kier molecular flexibility index (Phi) is 6.15. The SMILES string of the molecule is CCCCOCCN[C@@H]1CCC[C@H]1O. The van der Waals surface area contributed by atoms with Crippen molar-refractivity contribution in [3.8, 4) is 0 Å². The summed E-state index contributed by atoms with van der Waals surface area (Å²) in [6, 6.07) is 0.310. The number of hydrogen-bond acceptors (Lipinski definition) is 3. The van der Waals surface area contributed by atoms with Gasteiger partial charge in [-0.25, -0.2) is 0 Å². The Bertz CT molecular complexity index is 141. The Hall–Kier alpha value is -0.120. The first kappa shape index (κ1) is 12.0. The molecule has 84 valence electrons. The summed E-state index contributed by atoms with van der Waals surface area (Å²) in [6.07, 6.45) is 5.41. The van der Waals surface area contributed by atoms with Crippen LogP contribution in [0.15, 0.2) is 0 Å². The van der Waals surface area contributed by atoms with Gasteiger partial charge in [-0.3, -0.25) is 0 Å². The zero-order valence-corrected chi connectivity index (χ0v) is 9.17. The van der Waals surface area contributed by atoms with E-state index < -0.39 is 0 Å². The zero-order chi connectivity index (χ0) is 10.2. The van der Waals surface area contributed by atoms with Gasteiger partial charge in [-0.05, 0) is 25.7 Å². The molecule has 0 amide bonds. The Morgan fingerprint density at radius 3 is 2.86 bits per heavy atom. The summed E-state index contributed by atoms with van der Waals surface area (Å²) in [6.45, 7) is 4.66. The van der Waals surface area contributed by atoms with E-state index in [1.165, 1.54) is 6.42 Å². The molecule has 0 aromatic carbocycles. The van der Waals surface area contributed by atoms with Gasteiger partial charge < -0.3 is 15.2 Å². The van der Waals surface area contributed by atoms with Crippen LogP contribution in [-0.4, -0.2) is 37.0 Å². The summed E-state index contributed by atoms with van der Waals surface area (Å²) in [4.78, 5) is 0. The molecule has 0 saturated heterocycles. The van der Waals surface area contributed by atoms with Gasteiger partial charge in [-0.15, -0.1) is 0 Å². The molecule has 1 saturated carbocycles. The first-order chi connectivity index (χ1) is 6.84. The molecule has 0 bridgehead atoms. The molecule has 1 fully saturated rings. The van der Waals surface area contributed by atoms with Crippen molar-refractivity contribution in [2.75, 3.05) is 19.8 Å². The highest BCUT2D eigenvalue weighted by atomic mass is 16.5. The van der Waals surface area contributed by atoms with Crippen LogP contribution in [0, 0.1) is 0 Å². The van der Waals surface area contributed by atoms with Gasteiger partial charge in [-0.1, -0.05) is 13.3 Å². The van der Waals surface area contributed by atoms with Crippen molar-refractivity contribution in [2.45, 2.75) is 51.2 Å². The van der Waals surface area contributed by atoms with E-state index in [1.807, 2.05) is 0 Å². The third kappa shape index (κ3) is 4.40. The molecule has 2 atom stereocenters. The van der Waals surface area contributed by atoms with Crippen LogP contribution in [-0.2, 0) is 4.74 Å². The number of unbranched alkanes of at least 4 members (excludes halogenated alkanes) is 1. The quantitative estimate of drug-likeness (QED) is 0.610. The molecule has 0 radical (unpaired) electrons. The summed E-state index contributed by atoms with van der Waals surface area (Å²) in [5, 5.41) is 12.9. The normalized spacial score (nSPS) is 27.0. The topological polar surface area (TPSA) is 41.5 Å². The maximum absolute atomic E-state index is 9.53. The van der Waals surface area contributed by atoms with E-state index in [1.54, 1.807) is 0 Å². The van der Waals surface area contributed by atoms with Crippen molar-refractivity contribution < 1.29 is 9.84 Å². The third-order valence-corrected chi connectivity index (χ3v) is 2.77. The van der Waals surface area contributed by atoms with E-state index in [0.717, 1.165) is 45.4 Å². The minimum Gasteiger partial charge on any atom is -0.392 e. The number of rotatable bonds is 7. The molecule has 1 aliphatic carbocycles. The van der Waals surface area contributed by atoms with Crippen LogP contribution >= 0.6 is 0 Å². The monoisotopic (exact) mass is 201 g/mol. The average Bonchev–Trinajstić information content (AvgIpc) is 2.58. The number of aliphatic hydroxyl groups excluding tert-OH is 1. The predicted molar refractivity (Wildman–Crippen MR) is 57.4 cm³/mol. The highest BCUT2D eigenvalue weighted by molar-refractivity contribution is 4.82. The van der Waals surface area contributed by atoms with Crippen molar-refractivity contribution in [1.29, 1.82) is 0 Å². The fraction of sp³-hybridized carbons (Fsp3) is 1.00. The van der Waals surface area contributed by atoms with Crippen molar-refractivity contribution in [1.82, 2.24) is 5.32 Å². The Labute approximate surface area is 86.8 Å². The molecule has 14 heavy (non-hydrogen) atoms. The van der Waals surface area contributed by atoms with Gasteiger partial charge in [0.25, 0.3) is 0 Å². The predicted octanol–water partition coefficient (Wildman–Crippen LogP) is 1.31. The fourth-order valence-electron chi connectivity index (χ4n) is 1.84. The molecular formula is C11H23NO2. The first-order valence-corrected chi connectivity index (χ1v) is 5.83. The maximum Gasteiger partial charge on any atom is 0.0693 e. The minimum absolute atomic E-state index is 0.134. The number of nitrogens with one attached hydrogen (secondary N) is 1. The highest BCUT2D eigenvalue weighted by Crippen LogP contribution is 2.18. The lowest BCUT2D eigenvalue weighted by Crippen LogP contribution is -2.37. The van der Waals surface area contributed by atoms with E-state index >= 15 is 0 Å². The molecule has 0 aromatic heterocycles. The highest BCUT2D eigenvalue weighted by Gasteiger charge is 2.23. The van der Waals surface area contributed by atoms with Crippen molar-refractivity contribution in [2.24, 2.45) is 0 Å². The standard InChI is InChI=1S/C11H23NO2/c1-2-3-8-14-9-7-12-10-5-4-6-11(10)13/h10-13H,2-9H2,1H3/t10-,11-/m1/s1. The van der Waals surface area contributed by atoms with Gasteiger partial charge in [0.05, 0.1) is 12.7 Å². The molecule has 3 heteroatoms. The Morgan fingerprint density at radius 2 is 2.21 bits per heavy atom. The van der Waals surface area contributed by atoms with Crippen molar-refractivity contribution in [3.05, 3.63) is 0 Å². The summed E-state index contributed by atoms with van der Waals surface area (Å²) in [5.74, 6) is 0. The van der Waals surface area contributed by atoms with E-state index in [-0.39, 0.29) is 6.10 Å². The summed E-state index contributed by atoms with van der Waals surface area (Å²) in [5.41, 5.74) is 0. The van der Waals surface area contributed by atoms with Crippen LogP contribution < -0.4 is 5.32 Å². The molecule has 0 unspecified atom stereocenters. The number of hydrogen-bond donors (Lipinski definition) is 2. The lowest BCUT2D eigenvalue weighted by atomic mass is 10.2. The molecule has 2 N–H and O–H groups in total. The lowest BCUT2D eigenvalue weighted by molar-refractivity contribution is 0.115. The number of ether oxygens (including phenoxy) is 1. The van der Waals surface area contributed by atoms with E-state index in [9.17, 15) is 5.11 Å². The van der Waals surface area contributed by atoms with Crippen molar-refractivity contribution >= 4 is 0 Å². The van der Waals surface area contributed by atoms with Gasteiger partial charge in [-0.2, -0.15) is 0 Å². The number of aliphatic hydroxyl groups is 1. The average molecular weight is 201 g/mol. The smallest absolute Gasteiger partial charge is 0.0693 e. The summed E-state index contributed by atoms with van der Waals surface area (Å²) in [7, 11) is 0. The van der Waals surface area contributed by atoms with Crippen LogP contribution in [0.5, 0.6) is 0 Å². The molecule has 1 aliphatic rings. The van der Waals surface area contributed by atoms with Crippen molar-refractivity contribution in [3.63, 3.8) is 0 Å². The second kappa shape index (κ2) is 7.21. The molecule has 0 heterocycles. The van der Waals surface area contributed by atoms with E-state index in [2.05, 4.69) is 12.2 Å². The zero-order valence-electron chi connectivity index (χ0n) is 9.17. The third-order valence-electron chi connectivity index (χ3n) is 2.77. The molecular weight excluding hydrogens is 178 g/mol. The van der Waals surface area contributed by atoms with Crippen LogP contribution in [0.3, 0.4) is 0 Å². The van der Waals surface area contributed by atoms with Gasteiger partial charge in [0, 0.05) is 19.2 Å².